The number of ether oxygens (including phenoxy) is 1. The van der Waals surface area contributed by atoms with Gasteiger partial charge in [-0.05, 0) is 66.6 Å². The van der Waals surface area contributed by atoms with Gasteiger partial charge in [0, 0.05) is 9.85 Å². The first-order valence-electron chi connectivity index (χ1n) is 7.96. The van der Waals surface area contributed by atoms with E-state index in [0.717, 1.165) is 9.94 Å². The van der Waals surface area contributed by atoms with Crippen molar-refractivity contribution in [1.29, 1.82) is 0 Å². The molecule has 3 rings (SSSR count). The summed E-state index contributed by atoms with van der Waals surface area (Å²) < 4.78 is 17.3. The molecule has 10 heteroatoms. The molecule has 0 spiro atoms. The fourth-order valence-corrected chi connectivity index (χ4v) is 4.18. The third kappa shape index (κ3) is 5.20. The molecule has 146 valence electrons. The Morgan fingerprint density at radius 1 is 1.07 bits per heavy atom. The highest BCUT2D eigenvalue weighted by molar-refractivity contribution is 9.10. The molecule has 0 amide bonds. The Labute approximate surface area is 174 Å². The van der Waals surface area contributed by atoms with E-state index in [4.69, 9.17) is 14.4 Å². The van der Waals surface area contributed by atoms with Crippen molar-refractivity contribution in [3.8, 4) is 0 Å². The average Bonchev–Trinajstić information content (AvgIpc) is 3.26. The lowest BCUT2D eigenvalue weighted by Gasteiger charge is -2.32. The van der Waals surface area contributed by atoms with Gasteiger partial charge in [-0.2, -0.15) is 0 Å². The number of esters is 1. The monoisotopic (exact) mass is 474 g/mol. The Bertz CT molecular complexity index is 813. The standard InChI is InChI=1S/C12H17BO4S.C5H3BrO2S/c1-11(2)12(3,4)17-13(16-11)8-6-9(18-7-8)10(14)15-5;6-3-1-4(5(7)8)9-2-3/h6-7H,1-5H3;1-2H,(H,7,8). The van der Waals surface area contributed by atoms with Crippen LogP contribution in [0.25, 0.3) is 0 Å². The zero-order valence-electron chi connectivity index (χ0n) is 15.6. The number of rotatable bonds is 3. The van der Waals surface area contributed by atoms with Crippen LogP contribution >= 0.6 is 38.6 Å². The number of thiophene rings is 2. The molecule has 1 fully saturated rings. The normalized spacial score (nSPS) is 17.2. The lowest BCUT2D eigenvalue weighted by molar-refractivity contribution is 0.00578. The molecule has 1 saturated heterocycles. The molecule has 2 aromatic heterocycles. The molecule has 6 nitrogen and oxygen atoms in total. The number of carboxylic acids is 1. The van der Waals surface area contributed by atoms with Gasteiger partial charge in [-0.25, -0.2) is 9.59 Å². The van der Waals surface area contributed by atoms with Crippen LogP contribution in [-0.4, -0.2) is 42.5 Å². The summed E-state index contributed by atoms with van der Waals surface area (Å²) in [6.07, 6.45) is 0. The molecule has 0 aromatic carbocycles. The summed E-state index contributed by atoms with van der Waals surface area (Å²) in [5.74, 6) is -1.20. The van der Waals surface area contributed by atoms with E-state index < -0.39 is 13.1 Å². The number of aromatic carboxylic acids is 1. The molecule has 2 aromatic rings. The van der Waals surface area contributed by atoms with E-state index in [1.165, 1.54) is 29.8 Å². The first-order chi connectivity index (χ1) is 12.5. The fraction of sp³-hybridized carbons (Fsp3) is 0.412. The van der Waals surface area contributed by atoms with E-state index in [-0.39, 0.29) is 17.2 Å². The van der Waals surface area contributed by atoms with Crippen molar-refractivity contribution in [2.45, 2.75) is 38.9 Å². The van der Waals surface area contributed by atoms with Crippen LogP contribution in [-0.2, 0) is 14.0 Å². The predicted octanol–water partition coefficient (Wildman–Crippen LogP) is 4.04. The Morgan fingerprint density at radius 3 is 2.04 bits per heavy atom. The van der Waals surface area contributed by atoms with Crippen LogP contribution in [0.3, 0.4) is 0 Å². The zero-order chi connectivity index (χ0) is 20.4. The number of hydrogen-bond donors (Lipinski definition) is 1. The highest BCUT2D eigenvalue weighted by atomic mass is 79.9. The van der Waals surface area contributed by atoms with Gasteiger partial charge in [0.2, 0.25) is 0 Å². The summed E-state index contributed by atoms with van der Waals surface area (Å²) in [5, 5.41) is 12.0. The minimum atomic E-state index is -0.870. The maximum Gasteiger partial charge on any atom is 0.495 e. The first-order valence-corrected chi connectivity index (χ1v) is 10.5. The lowest BCUT2D eigenvalue weighted by Crippen LogP contribution is -2.41. The molecule has 1 aliphatic heterocycles. The van der Waals surface area contributed by atoms with E-state index in [0.29, 0.717) is 9.75 Å². The average molecular weight is 475 g/mol. The second-order valence-corrected chi connectivity index (χ2v) is 9.50. The summed E-state index contributed by atoms with van der Waals surface area (Å²) in [6.45, 7) is 8.00. The highest BCUT2D eigenvalue weighted by Gasteiger charge is 2.52. The zero-order valence-corrected chi connectivity index (χ0v) is 18.8. The lowest BCUT2D eigenvalue weighted by atomic mass is 9.81. The number of hydrogen-bond acceptors (Lipinski definition) is 7. The molecule has 27 heavy (non-hydrogen) atoms. The molecular formula is C17H20BBrO6S2. The van der Waals surface area contributed by atoms with Crippen LogP contribution in [0.2, 0.25) is 0 Å². The fourth-order valence-electron chi connectivity index (χ4n) is 2.09. The molecule has 1 aliphatic rings. The van der Waals surface area contributed by atoms with Gasteiger partial charge in [-0.15, -0.1) is 22.7 Å². The summed E-state index contributed by atoms with van der Waals surface area (Å²) in [6, 6.07) is 3.34. The number of carbonyl (C=O) groups excluding carboxylic acids is 1. The largest absolute Gasteiger partial charge is 0.495 e. The summed E-state index contributed by atoms with van der Waals surface area (Å²) in [5.41, 5.74) is 0.120. The van der Waals surface area contributed by atoms with Gasteiger partial charge in [0.1, 0.15) is 9.75 Å². The SMILES string of the molecule is COC(=O)c1cc(B2OC(C)(C)C(C)(C)O2)cs1.O=C(O)c1cc(Br)cs1. The van der Waals surface area contributed by atoms with Crippen molar-refractivity contribution in [3.63, 3.8) is 0 Å². The Kier molecular flexibility index (Phi) is 6.91. The number of methoxy groups -OCH3 is 1. The van der Waals surface area contributed by atoms with Crippen LogP contribution in [0.5, 0.6) is 0 Å². The van der Waals surface area contributed by atoms with Gasteiger partial charge < -0.3 is 19.2 Å². The molecule has 0 bridgehead atoms. The van der Waals surface area contributed by atoms with Crippen LogP contribution in [0.4, 0.5) is 0 Å². The summed E-state index contributed by atoms with van der Waals surface area (Å²) >= 11 is 5.69. The quantitative estimate of drug-likeness (QED) is 0.533. The van der Waals surface area contributed by atoms with Crippen molar-refractivity contribution < 1.29 is 28.7 Å². The molecule has 0 unspecified atom stereocenters. The molecule has 0 aliphatic carbocycles. The van der Waals surface area contributed by atoms with Gasteiger partial charge in [-0.1, -0.05) is 0 Å². The van der Waals surface area contributed by atoms with Gasteiger partial charge in [-0.3, -0.25) is 0 Å². The molecule has 0 saturated carbocycles. The Hall–Kier alpha value is -1.20. The van der Waals surface area contributed by atoms with Crippen LogP contribution in [0.15, 0.2) is 27.4 Å². The van der Waals surface area contributed by atoms with Crippen molar-refractivity contribution >= 4 is 63.1 Å². The second-order valence-electron chi connectivity index (χ2n) is 6.76. The van der Waals surface area contributed by atoms with E-state index in [2.05, 4.69) is 20.7 Å². The van der Waals surface area contributed by atoms with Crippen molar-refractivity contribution in [1.82, 2.24) is 0 Å². The molecular weight excluding hydrogens is 455 g/mol. The minimum absolute atomic E-state index is 0.331. The van der Waals surface area contributed by atoms with Gasteiger partial charge in [0.25, 0.3) is 0 Å². The third-order valence-electron chi connectivity index (χ3n) is 4.31. The Morgan fingerprint density at radius 2 is 1.63 bits per heavy atom. The molecule has 0 atom stereocenters. The van der Waals surface area contributed by atoms with E-state index in [9.17, 15) is 9.59 Å². The van der Waals surface area contributed by atoms with Gasteiger partial charge in [0.15, 0.2) is 0 Å². The third-order valence-corrected chi connectivity index (χ3v) is 6.92. The Balaban J connectivity index is 0.000000244. The van der Waals surface area contributed by atoms with Crippen molar-refractivity contribution in [2.24, 2.45) is 0 Å². The number of carbonyl (C=O) groups is 2. The number of carboxylic acid groups (broad SMARTS) is 1. The maximum atomic E-state index is 11.4. The van der Waals surface area contributed by atoms with Crippen LogP contribution < -0.4 is 5.46 Å². The smallest absolute Gasteiger partial charge is 0.477 e. The van der Waals surface area contributed by atoms with Crippen LogP contribution in [0, 0.1) is 0 Å². The van der Waals surface area contributed by atoms with Crippen LogP contribution in [0.1, 0.15) is 47.0 Å². The molecule has 0 radical (unpaired) electrons. The second kappa shape index (κ2) is 8.44. The van der Waals surface area contributed by atoms with E-state index in [1.54, 1.807) is 17.5 Å². The topological polar surface area (TPSA) is 82.1 Å². The van der Waals surface area contributed by atoms with Crippen molar-refractivity contribution in [3.05, 3.63) is 37.1 Å². The predicted molar refractivity (Wildman–Crippen MR) is 110 cm³/mol. The number of halogens is 1. The van der Waals surface area contributed by atoms with Gasteiger partial charge >= 0.3 is 19.1 Å². The summed E-state index contributed by atoms with van der Waals surface area (Å²) in [7, 11) is 0.945. The highest BCUT2D eigenvalue weighted by Crippen LogP contribution is 2.36. The first kappa shape index (κ1) is 22.1. The van der Waals surface area contributed by atoms with E-state index >= 15 is 0 Å². The molecule has 3 heterocycles. The summed E-state index contributed by atoms with van der Waals surface area (Å²) in [4.78, 5) is 22.5. The van der Waals surface area contributed by atoms with Crippen molar-refractivity contribution in [2.75, 3.05) is 7.11 Å². The maximum absolute atomic E-state index is 11.4. The van der Waals surface area contributed by atoms with E-state index in [1.807, 2.05) is 33.1 Å². The molecule has 1 N–H and O–H groups in total. The van der Waals surface area contributed by atoms with Gasteiger partial charge in [0.05, 0.1) is 18.3 Å². The minimum Gasteiger partial charge on any atom is -0.477 e.